The van der Waals surface area contributed by atoms with Crippen LogP contribution in [0.3, 0.4) is 0 Å². The topological polar surface area (TPSA) is 56.3 Å². The van der Waals surface area contributed by atoms with Gasteiger partial charge in [-0.3, -0.25) is 4.99 Å². The van der Waals surface area contributed by atoms with E-state index in [0.717, 1.165) is 42.6 Å². The van der Waals surface area contributed by atoms with Gasteiger partial charge in [0.05, 0.1) is 18.4 Å². The van der Waals surface area contributed by atoms with Crippen molar-refractivity contribution >= 4 is 17.7 Å². The molecule has 2 rings (SSSR count). The molecule has 0 bridgehead atoms. The first-order chi connectivity index (χ1) is 12.2. The van der Waals surface area contributed by atoms with E-state index in [1.165, 1.54) is 12.2 Å². The molecule has 0 aliphatic heterocycles. The van der Waals surface area contributed by atoms with Crippen LogP contribution in [0, 0.1) is 0 Å². The molecule has 0 radical (unpaired) electrons. The molecule has 0 aliphatic rings. The molecular formula is C19H29N5S. The van der Waals surface area contributed by atoms with Gasteiger partial charge in [-0.15, -0.1) is 0 Å². The summed E-state index contributed by atoms with van der Waals surface area (Å²) in [4.78, 5) is 14.8. The van der Waals surface area contributed by atoms with Crippen molar-refractivity contribution in [1.29, 1.82) is 0 Å². The van der Waals surface area contributed by atoms with Crippen molar-refractivity contribution in [3.8, 4) is 11.3 Å². The van der Waals surface area contributed by atoms with Crippen molar-refractivity contribution in [2.45, 2.75) is 26.3 Å². The van der Waals surface area contributed by atoms with Gasteiger partial charge in [0.15, 0.2) is 5.96 Å². The van der Waals surface area contributed by atoms with E-state index >= 15 is 0 Å². The molecule has 0 amide bonds. The molecule has 2 N–H and O–H groups in total. The van der Waals surface area contributed by atoms with Crippen LogP contribution in [0.5, 0.6) is 0 Å². The number of hydrogen-bond acceptors (Lipinski definition) is 3. The minimum Gasteiger partial charge on any atom is -0.357 e. The number of aromatic amines is 1. The van der Waals surface area contributed by atoms with Crippen LogP contribution in [0.15, 0.2) is 41.5 Å². The van der Waals surface area contributed by atoms with Gasteiger partial charge in [0.25, 0.3) is 0 Å². The Hall–Kier alpha value is -1.95. The molecule has 0 atom stereocenters. The van der Waals surface area contributed by atoms with E-state index in [1.54, 1.807) is 0 Å². The van der Waals surface area contributed by atoms with Crippen molar-refractivity contribution in [3.63, 3.8) is 0 Å². The maximum atomic E-state index is 4.73. The molecule has 1 aromatic heterocycles. The summed E-state index contributed by atoms with van der Waals surface area (Å²) in [5, 5.41) is 3.36. The number of thioether (sulfide) groups is 1. The van der Waals surface area contributed by atoms with Crippen LogP contribution >= 0.6 is 11.8 Å². The number of unbranched alkanes of at least 4 members (excludes halogenated alkanes) is 1. The van der Waals surface area contributed by atoms with E-state index in [2.05, 4.69) is 45.5 Å². The molecular weight excluding hydrogens is 330 g/mol. The van der Waals surface area contributed by atoms with E-state index in [9.17, 15) is 0 Å². The third-order valence-electron chi connectivity index (χ3n) is 3.81. The molecule has 0 unspecified atom stereocenters. The Morgan fingerprint density at radius 2 is 2.08 bits per heavy atom. The molecule has 6 heteroatoms. The second kappa shape index (κ2) is 10.8. The first kappa shape index (κ1) is 19.4. The number of benzene rings is 1. The Balaban J connectivity index is 1.94. The molecule has 0 fully saturated rings. The lowest BCUT2D eigenvalue weighted by Gasteiger charge is -2.21. The van der Waals surface area contributed by atoms with Gasteiger partial charge in [0.2, 0.25) is 0 Å². The highest BCUT2D eigenvalue weighted by Gasteiger charge is 2.09. The zero-order valence-corrected chi connectivity index (χ0v) is 16.3. The first-order valence-corrected chi connectivity index (χ1v) is 10.2. The summed E-state index contributed by atoms with van der Waals surface area (Å²) in [7, 11) is 2.05. The molecule has 1 heterocycles. The molecule has 5 nitrogen and oxygen atoms in total. The fourth-order valence-corrected chi connectivity index (χ4v) is 3.01. The zero-order valence-electron chi connectivity index (χ0n) is 15.5. The Morgan fingerprint density at radius 1 is 1.28 bits per heavy atom. The second-order valence-corrected chi connectivity index (χ2v) is 6.89. The Labute approximate surface area is 155 Å². The number of H-pyrrole nitrogens is 1. The average Bonchev–Trinajstić information content (AvgIpc) is 3.10. The van der Waals surface area contributed by atoms with E-state index in [-0.39, 0.29) is 0 Å². The van der Waals surface area contributed by atoms with E-state index < -0.39 is 0 Å². The van der Waals surface area contributed by atoms with Gasteiger partial charge >= 0.3 is 0 Å². The lowest BCUT2D eigenvalue weighted by atomic mass is 10.2. The number of nitrogens with one attached hydrogen (secondary N) is 2. The highest BCUT2D eigenvalue weighted by Crippen LogP contribution is 2.16. The standard InChI is InChI=1S/C19H29N5S/c1-4-20-19(21-12-8-9-13-25-3)24(2)15-18-22-14-17(23-18)16-10-6-5-7-11-16/h5-7,10-11,14H,4,8-9,12-13,15H2,1-3H3,(H,20,21)(H,22,23). The van der Waals surface area contributed by atoms with Crippen LogP contribution < -0.4 is 5.32 Å². The van der Waals surface area contributed by atoms with Crippen LogP contribution in [0.25, 0.3) is 11.3 Å². The minimum atomic E-state index is 0.698. The minimum absolute atomic E-state index is 0.698. The smallest absolute Gasteiger partial charge is 0.194 e. The first-order valence-electron chi connectivity index (χ1n) is 8.82. The molecule has 0 saturated carbocycles. The lowest BCUT2D eigenvalue weighted by Crippen LogP contribution is -2.38. The molecule has 1 aromatic carbocycles. The molecule has 136 valence electrons. The normalized spacial score (nSPS) is 11.6. The maximum absolute atomic E-state index is 4.73. The summed E-state index contributed by atoms with van der Waals surface area (Å²) in [6.07, 6.45) is 6.38. The van der Waals surface area contributed by atoms with Crippen molar-refractivity contribution in [2.75, 3.05) is 32.1 Å². The Kier molecular flexibility index (Phi) is 8.39. The van der Waals surface area contributed by atoms with Crippen molar-refractivity contribution in [1.82, 2.24) is 20.2 Å². The monoisotopic (exact) mass is 359 g/mol. The predicted molar refractivity (Wildman–Crippen MR) is 109 cm³/mol. The van der Waals surface area contributed by atoms with Gasteiger partial charge < -0.3 is 15.2 Å². The number of hydrogen-bond donors (Lipinski definition) is 2. The van der Waals surface area contributed by atoms with Crippen LogP contribution in [-0.2, 0) is 6.54 Å². The molecule has 0 saturated heterocycles. The zero-order chi connectivity index (χ0) is 17.9. The summed E-state index contributed by atoms with van der Waals surface area (Å²) in [5.41, 5.74) is 2.20. The summed E-state index contributed by atoms with van der Waals surface area (Å²) in [6, 6.07) is 10.3. The number of imidazole rings is 1. The second-order valence-electron chi connectivity index (χ2n) is 5.90. The Bertz CT molecular complexity index is 638. The maximum Gasteiger partial charge on any atom is 0.194 e. The van der Waals surface area contributed by atoms with Crippen molar-refractivity contribution < 1.29 is 0 Å². The highest BCUT2D eigenvalue weighted by molar-refractivity contribution is 7.98. The van der Waals surface area contributed by atoms with Crippen molar-refractivity contribution in [2.24, 2.45) is 4.99 Å². The number of aromatic nitrogens is 2. The van der Waals surface area contributed by atoms with Crippen LogP contribution in [-0.4, -0.2) is 53.0 Å². The van der Waals surface area contributed by atoms with Crippen molar-refractivity contribution in [3.05, 3.63) is 42.4 Å². The third kappa shape index (κ3) is 6.46. The molecule has 0 aliphatic carbocycles. The molecule has 0 spiro atoms. The van der Waals surface area contributed by atoms with Gasteiger partial charge in [0, 0.05) is 20.1 Å². The van der Waals surface area contributed by atoms with E-state index in [0.29, 0.717) is 6.54 Å². The largest absolute Gasteiger partial charge is 0.357 e. The number of rotatable bonds is 9. The van der Waals surface area contributed by atoms with Gasteiger partial charge in [0.1, 0.15) is 5.82 Å². The van der Waals surface area contributed by atoms with Gasteiger partial charge in [-0.2, -0.15) is 11.8 Å². The summed E-state index contributed by atoms with van der Waals surface area (Å²) in [6.45, 7) is 4.52. The fraction of sp³-hybridized carbons (Fsp3) is 0.474. The van der Waals surface area contributed by atoms with E-state index in [4.69, 9.17) is 4.99 Å². The lowest BCUT2D eigenvalue weighted by molar-refractivity contribution is 0.463. The SMILES string of the molecule is CCNC(=NCCCCSC)N(C)Cc1ncc(-c2ccccc2)[nH]1. The third-order valence-corrected chi connectivity index (χ3v) is 4.51. The van der Waals surface area contributed by atoms with Crippen LogP contribution in [0.4, 0.5) is 0 Å². The summed E-state index contributed by atoms with van der Waals surface area (Å²) in [5.74, 6) is 3.08. The van der Waals surface area contributed by atoms with E-state index in [1.807, 2.05) is 43.2 Å². The highest BCUT2D eigenvalue weighted by atomic mass is 32.2. The van der Waals surface area contributed by atoms with Crippen LogP contribution in [0.2, 0.25) is 0 Å². The fourth-order valence-electron chi connectivity index (χ4n) is 2.52. The Morgan fingerprint density at radius 3 is 2.80 bits per heavy atom. The van der Waals surface area contributed by atoms with Gasteiger partial charge in [-0.05, 0) is 37.3 Å². The number of aliphatic imine (C=N–C) groups is 1. The number of nitrogens with zero attached hydrogens (tertiary/aromatic N) is 3. The summed E-state index contributed by atoms with van der Waals surface area (Å²) >= 11 is 1.89. The number of guanidine groups is 1. The molecule has 25 heavy (non-hydrogen) atoms. The predicted octanol–water partition coefficient (Wildman–Crippen LogP) is 3.62. The average molecular weight is 360 g/mol. The van der Waals surface area contributed by atoms with Crippen LogP contribution in [0.1, 0.15) is 25.6 Å². The quantitative estimate of drug-likeness (QED) is 0.408. The van der Waals surface area contributed by atoms with Gasteiger partial charge in [-0.25, -0.2) is 4.98 Å². The molecule has 2 aromatic rings. The van der Waals surface area contributed by atoms with Gasteiger partial charge in [-0.1, -0.05) is 30.3 Å². The summed E-state index contributed by atoms with van der Waals surface area (Å²) < 4.78 is 0.